The van der Waals surface area contributed by atoms with Gasteiger partial charge in [-0.1, -0.05) is 29.8 Å². The topological polar surface area (TPSA) is 47.6 Å². The lowest BCUT2D eigenvalue weighted by Gasteiger charge is -2.18. The summed E-state index contributed by atoms with van der Waals surface area (Å²) in [6.45, 7) is 1.90. The predicted molar refractivity (Wildman–Crippen MR) is 91.3 cm³/mol. The Morgan fingerprint density at radius 1 is 1.17 bits per heavy atom. The van der Waals surface area contributed by atoms with Gasteiger partial charge in [0.2, 0.25) is 5.91 Å². The Bertz CT molecular complexity index is 688. The molecule has 0 aliphatic heterocycles. The number of benzene rings is 2. The van der Waals surface area contributed by atoms with Crippen molar-refractivity contribution < 1.29 is 14.3 Å². The normalized spacial score (nSPS) is 11.7. The van der Waals surface area contributed by atoms with Crippen molar-refractivity contribution in [1.29, 1.82) is 0 Å². The SMILES string of the molecule is COc1ccc(OC)c([C@H](C)NC(=O)Cc2ccccc2Cl)c1. The highest BCUT2D eigenvalue weighted by molar-refractivity contribution is 6.31. The van der Waals surface area contributed by atoms with E-state index in [-0.39, 0.29) is 18.4 Å². The lowest BCUT2D eigenvalue weighted by Crippen LogP contribution is -2.28. The van der Waals surface area contributed by atoms with Crippen LogP contribution in [0.5, 0.6) is 11.5 Å². The van der Waals surface area contributed by atoms with Crippen LogP contribution in [0, 0.1) is 0 Å². The van der Waals surface area contributed by atoms with E-state index < -0.39 is 0 Å². The molecule has 4 nitrogen and oxygen atoms in total. The van der Waals surface area contributed by atoms with Crippen molar-refractivity contribution in [2.75, 3.05) is 14.2 Å². The van der Waals surface area contributed by atoms with Gasteiger partial charge >= 0.3 is 0 Å². The van der Waals surface area contributed by atoms with E-state index in [0.29, 0.717) is 16.5 Å². The highest BCUT2D eigenvalue weighted by atomic mass is 35.5. The maximum absolute atomic E-state index is 12.3. The standard InChI is InChI=1S/C18H20ClNO3/c1-12(15-11-14(22-2)8-9-17(15)23-3)20-18(21)10-13-6-4-5-7-16(13)19/h4-9,11-12H,10H2,1-3H3,(H,20,21)/t12-/m0/s1. The number of carbonyl (C=O) groups is 1. The van der Waals surface area contributed by atoms with E-state index in [4.69, 9.17) is 21.1 Å². The first-order valence-corrected chi connectivity index (χ1v) is 7.67. The molecule has 0 aromatic heterocycles. The maximum Gasteiger partial charge on any atom is 0.224 e. The number of hydrogen-bond acceptors (Lipinski definition) is 3. The average molecular weight is 334 g/mol. The third kappa shape index (κ3) is 4.39. The van der Waals surface area contributed by atoms with Crippen molar-refractivity contribution in [3.63, 3.8) is 0 Å². The molecule has 1 amide bonds. The summed E-state index contributed by atoms with van der Waals surface area (Å²) in [5.74, 6) is 1.32. The molecule has 122 valence electrons. The van der Waals surface area contributed by atoms with Gasteiger partial charge in [0.15, 0.2) is 0 Å². The molecule has 23 heavy (non-hydrogen) atoms. The van der Waals surface area contributed by atoms with E-state index in [0.717, 1.165) is 11.1 Å². The van der Waals surface area contributed by atoms with Crippen LogP contribution in [-0.2, 0) is 11.2 Å². The van der Waals surface area contributed by atoms with Crippen LogP contribution in [0.2, 0.25) is 5.02 Å². The quantitative estimate of drug-likeness (QED) is 0.875. The van der Waals surface area contributed by atoms with Gasteiger partial charge in [0.25, 0.3) is 0 Å². The third-order valence-electron chi connectivity index (χ3n) is 3.59. The van der Waals surface area contributed by atoms with E-state index in [1.807, 2.05) is 43.3 Å². The van der Waals surface area contributed by atoms with Gasteiger partial charge in [0.05, 0.1) is 26.7 Å². The van der Waals surface area contributed by atoms with E-state index in [1.165, 1.54) is 0 Å². The summed E-state index contributed by atoms with van der Waals surface area (Å²) >= 11 is 6.09. The minimum Gasteiger partial charge on any atom is -0.497 e. The second-order valence-electron chi connectivity index (χ2n) is 5.17. The summed E-state index contributed by atoms with van der Waals surface area (Å²) in [4.78, 5) is 12.3. The number of amides is 1. The van der Waals surface area contributed by atoms with Crippen LogP contribution < -0.4 is 14.8 Å². The molecule has 0 radical (unpaired) electrons. The van der Waals surface area contributed by atoms with Gasteiger partial charge < -0.3 is 14.8 Å². The van der Waals surface area contributed by atoms with Gasteiger partial charge in [-0.25, -0.2) is 0 Å². The summed E-state index contributed by atoms with van der Waals surface area (Å²) in [6, 6.07) is 12.6. The zero-order chi connectivity index (χ0) is 16.8. The summed E-state index contributed by atoms with van der Waals surface area (Å²) < 4.78 is 10.6. The minimum atomic E-state index is -0.213. The molecule has 0 fully saturated rings. The van der Waals surface area contributed by atoms with Crippen LogP contribution in [0.1, 0.15) is 24.1 Å². The fourth-order valence-corrected chi connectivity index (χ4v) is 2.57. The molecule has 0 aliphatic rings. The molecular formula is C18H20ClNO3. The zero-order valence-corrected chi connectivity index (χ0v) is 14.2. The molecule has 1 N–H and O–H groups in total. The van der Waals surface area contributed by atoms with Gasteiger partial charge in [-0.3, -0.25) is 4.79 Å². The number of carbonyl (C=O) groups excluding carboxylic acids is 1. The largest absolute Gasteiger partial charge is 0.497 e. The van der Waals surface area contributed by atoms with Crippen molar-refractivity contribution in [2.45, 2.75) is 19.4 Å². The number of nitrogens with one attached hydrogen (secondary N) is 1. The fraction of sp³-hybridized carbons (Fsp3) is 0.278. The summed E-state index contributed by atoms with van der Waals surface area (Å²) in [5, 5.41) is 3.56. The average Bonchev–Trinajstić information content (AvgIpc) is 2.56. The summed E-state index contributed by atoms with van der Waals surface area (Å²) in [5.41, 5.74) is 1.66. The van der Waals surface area contributed by atoms with Crippen molar-refractivity contribution in [3.8, 4) is 11.5 Å². The molecule has 1 atom stereocenters. The molecule has 0 unspecified atom stereocenters. The van der Waals surface area contributed by atoms with Crippen LogP contribution in [0.25, 0.3) is 0 Å². The van der Waals surface area contributed by atoms with E-state index >= 15 is 0 Å². The van der Waals surface area contributed by atoms with Gasteiger partial charge in [-0.2, -0.15) is 0 Å². The zero-order valence-electron chi connectivity index (χ0n) is 13.4. The van der Waals surface area contributed by atoms with E-state index in [1.54, 1.807) is 20.3 Å². The molecule has 2 aromatic carbocycles. The number of halogens is 1. The lowest BCUT2D eigenvalue weighted by molar-refractivity contribution is -0.121. The number of methoxy groups -OCH3 is 2. The Labute approximate surface area is 141 Å². The van der Waals surface area contributed by atoms with Crippen LogP contribution >= 0.6 is 11.6 Å². The molecule has 0 aliphatic carbocycles. The molecular weight excluding hydrogens is 314 g/mol. The molecule has 0 saturated carbocycles. The fourth-order valence-electron chi connectivity index (χ4n) is 2.36. The molecule has 0 heterocycles. The first-order valence-electron chi connectivity index (χ1n) is 7.30. The van der Waals surface area contributed by atoms with Crippen LogP contribution in [0.4, 0.5) is 0 Å². The molecule has 0 spiro atoms. The Balaban J connectivity index is 2.10. The second-order valence-corrected chi connectivity index (χ2v) is 5.57. The smallest absolute Gasteiger partial charge is 0.224 e. The van der Waals surface area contributed by atoms with Gasteiger partial charge in [-0.05, 0) is 36.8 Å². The Morgan fingerprint density at radius 3 is 2.57 bits per heavy atom. The Hall–Kier alpha value is -2.20. The number of hydrogen-bond donors (Lipinski definition) is 1. The minimum absolute atomic E-state index is 0.101. The van der Waals surface area contributed by atoms with Crippen molar-refractivity contribution in [3.05, 3.63) is 58.6 Å². The number of rotatable bonds is 6. The van der Waals surface area contributed by atoms with Gasteiger partial charge in [0.1, 0.15) is 11.5 Å². The van der Waals surface area contributed by atoms with Crippen molar-refractivity contribution >= 4 is 17.5 Å². The van der Waals surface area contributed by atoms with Crippen LogP contribution in [0.15, 0.2) is 42.5 Å². The van der Waals surface area contributed by atoms with Crippen LogP contribution in [-0.4, -0.2) is 20.1 Å². The van der Waals surface area contributed by atoms with Gasteiger partial charge in [0, 0.05) is 10.6 Å². The highest BCUT2D eigenvalue weighted by Crippen LogP contribution is 2.29. The second kappa shape index (κ2) is 7.88. The first-order chi connectivity index (χ1) is 11.0. The molecule has 0 bridgehead atoms. The highest BCUT2D eigenvalue weighted by Gasteiger charge is 2.16. The van der Waals surface area contributed by atoms with E-state index in [2.05, 4.69) is 5.32 Å². The Morgan fingerprint density at radius 2 is 1.91 bits per heavy atom. The first kappa shape index (κ1) is 17.2. The maximum atomic E-state index is 12.3. The summed E-state index contributed by atoms with van der Waals surface area (Å²) in [6.07, 6.45) is 0.232. The summed E-state index contributed by atoms with van der Waals surface area (Å²) in [7, 11) is 3.20. The van der Waals surface area contributed by atoms with Crippen molar-refractivity contribution in [1.82, 2.24) is 5.32 Å². The van der Waals surface area contributed by atoms with E-state index in [9.17, 15) is 4.79 Å². The third-order valence-corrected chi connectivity index (χ3v) is 3.96. The molecule has 2 rings (SSSR count). The monoisotopic (exact) mass is 333 g/mol. The molecule has 5 heteroatoms. The van der Waals surface area contributed by atoms with Gasteiger partial charge in [-0.15, -0.1) is 0 Å². The van der Waals surface area contributed by atoms with Crippen LogP contribution in [0.3, 0.4) is 0 Å². The molecule has 0 saturated heterocycles. The predicted octanol–water partition coefficient (Wildman–Crippen LogP) is 3.78. The van der Waals surface area contributed by atoms with Crippen molar-refractivity contribution in [2.24, 2.45) is 0 Å². The number of ether oxygens (including phenoxy) is 2. The lowest BCUT2D eigenvalue weighted by atomic mass is 10.1. The molecule has 2 aromatic rings. The Kier molecular flexibility index (Phi) is 5.88.